The summed E-state index contributed by atoms with van der Waals surface area (Å²) < 4.78 is 5.20. The zero-order valence-electron chi connectivity index (χ0n) is 17.7. The maximum atomic E-state index is 12.4. The number of benzene rings is 1. The smallest absolute Gasteiger partial charge is 0.309 e. The maximum absolute atomic E-state index is 12.4. The van der Waals surface area contributed by atoms with Crippen LogP contribution < -0.4 is 5.32 Å². The van der Waals surface area contributed by atoms with Gasteiger partial charge in [0.1, 0.15) is 5.54 Å². The molecule has 0 spiro atoms. The third kappa shape index (κ3) is 6.42. The average Bonchev–Trinajstić information content (AvgIpc) is 2.82. The van der Waals surface area contributed by atoms with E-state index in [4.69, 9.17) is 4.74 Å². The van der Waals surface area contributed by atoms with E-state index in [0.717, 1.165) is 24.8 Å². The number of piperidine rings is 1. The molecule has 1 aliphatic carbocycles. The van der Waals surface area contributed by atoms with Gasteiger partial charge in [0.15, 0.2) is 6.61 Å². The van der Waals surface area contributed by atoms with Crippen molar-refractivity contribution >= 4 is 23.9 Å². The zero-order valence-corrected chi connectivity index (χ0v) is 17.7. The van der Waals surface area contributed by atoms with Gasteiger partial charge in [0, 0.05) is 19.2 Å². The Hall–Kier alpha value is -3.14. The van der Waals surface area contributed by atoms with Crippen molar-refractivity contribution in [2.24, 2.45) is 5.92 Å². The topological polar surface area (TPSA) is 99.5 Å². The fourth-order valence-electron chi connectivity index (χ4n) is 4.15. The summed E-state index contributed by atoms with van der Waals surface area (Å²) in [4.78, 5) is 38.6. The first kappa shape index (κ1) is 22.5. The van der Waals surface area contributed by atoms with Gasteiger partial charge < -0.3 is 15.0 Å². The third-order valence-corrected chi connectivity index (χ3v) is 6.00. The van der Waals surface area contributed by atoms with Crippen LogP contribution in [0.25, 0.3) is 6.08 Å². The number of carbonyl (C=O) groups is 3. The minimum absolute atomic E-state index is 0.0793. The van der Waals surface area contributed by atoms with Gasteiger partial charge >= 0.3 is 5.97 Å². The first-order valence-electron chi connectivity index (χ1n) is 10.9. The number of nitriles is 1. The molecule has 1 aliphatic heterocycles. The van der Waals surface area contributed by atoms with Crippen LogP contribution in [0.3, 0.4) is 0 Å². The molecule has 0 bridgehead atoms. The molecule has 1 aromatic rings. The second-order valence-electron chi connectivity index (χ2n) is 8.25. The number of carbonyl (C=O) groups excluding carboxylic acids is 3. The van der Waals surface area contributed by atoms with Crippen LogP contribution in [0, 0.1) is 17.2 Å². The van der Waals surface area contributed by atoms with Crippen molar-refractivity contribution in [2.75, 3.05) is 19.7 Å². The van der Waals surface area contributed by atoms with Gasteiger partial charge in [-0.3, -0.25) is 14.4 Å². The van der Waals surface area contributed by atoms with Gasteiger partial charge in [0.05, 0.1) is 12.0 Å². The minimum Gasteiger partial charge on any atom is -0.455 e. The largest absolute Gasteiger partial charge is 0.455 e. The number of likely N-dealkylation sites (tertiary alicyclic amines) is 1. The summed E-state index contributed by atoms with van der Waals surface area (Å²) in [5.41, 5.74) is 0.125. The highest BCUT2D eigenvalue weighted by molar-refractivity contribution is 5.92. The van der Waals surface area contributed by atoms with Crippen LogP contribution in [-0.2, 0) is 19.1 Å². The monoisotopic (exact) mass is 423 g/mol. The number of hydrogen-bond acceptors (Lipinski definition) is 5. The van der Waals surface area contributed by atoms with E-state index in [1.807, 2.05) is 30.3 Å². The third-order valence-electron chi connectivity index (χ3n) is 6.00. The second-order valence-corrected chi connectivity index (χ2v) is 8.25. The molecule has 0 atom stereocenters. The van der Waals surface area contributed by atoms with Crippen molar-refractivity contribution in [2.45, 2.75) is 50.5 Å². The Kier molecular flexibility index (Phi) is 7.82. The molecule has 2 amide bonds. The lowest BCUT2D eigenvalue weighted by atomic mass is 9.83. The van der Waals surface area contributed by atoms with Crippen LogP contribution in [0.5, 0.6) is 0 Å². The molecule has 3 rings (SSSR count). The van der Waals surface area contributed by atoms with Crippen LogP contribution in [-0.4, -0.2) is 47.9 Å². The quantitative estimate of drug-likeness (QED) is 0.560. The molecule has 2 aliphatic rings. The van der Waals surface area contributed by atoms with E-state index in [9.17, 15) is 19.6 Å². The number of nitrogens with zero attached hydrogens (tertiary/aromatic N) is 2. The van der Waals surface area contributed by atoms with Gasteiger partial charge in [-0.1, -0.05) is 49.6 Å². The summed E-state index contributed by atoms with van der Waals surface area (Å²) in [5.74, 6) is -1.26. The first-order chi connectivity index (χ1) is 15.0. The lowest BCUT2D eigenvalue weighted by molar-refractivity contribution is -0.155. The van der Waals surface area contributed by atoms with Crippen LogP contribution >= 0.6 is 0 Å². The van der Waals surface area contributed by atoms with Gasteiger partial charge in [-0.2, -0.15) is 5.26 Å². The van der Waals surface area contributed by atoms with Gasteiger partial charge in [-0.25, -0.2) is 0 Å². The summed E-state index contributed by atoms with van der Waals surface area (Å²) in [6.45, 7) is 0.574. The summed E-state index contributed by atoms with van der Waals surface area (Å²) in [6, 6.07) is 11.8. The number of nitrogens with one attached hydrogen (secondary N) is 1. The Bertz CT molecular complexity index is 845. The summed E-state index contributed by atoms with van der Waals surface area (Å²) in [5, 5.41) is 12.2. The Morgan fingerprint density at radius 2 is 1.81 bits per heavy atom. The average molecular weight is 424 g/mol. The SMILES string of the molecule is N#CC1(NC(=O)COC(=O)C2CCN(C(=O)/C=C/c3ccccc3)CC2)CCCCC1. The molecule has 0 unspecified atom stereocenters. The zero-order chi connectivity index (χ0) is 22.1. The van der Waals surface area contributed by atoms with Crippen molar-refractivity contribution in [3.8, 4) is 6.07 Å². The van der Waals surface area contributed by atoms with E-state index < -0.39 is 17.4 Å². The number of amides is 2. The standard InChI is InChI=1S/C24H29N3O4/c25-18-24(13-5-2-6-14-24)26-21(28)17-31-23(30)20-11-15-27(16-12-20)22(29)10-9-19-7-3-1-4-8-19/h1,3-4,7-10,20H,2,5-6,11-17H2,(H,26,28)/b10-9+. The Morgan fingerprint density at radius 1 is 1.13 bits per heavy atom. The molecule has 164 valence electrons. The van der Waals surface area contributed by atoms with E-state index in [1.54, 1.807) is 17.1 Å². The highest BCUT2D eigenvalue weighted by Crippen LogP contribution is 2.27. The van der Waals surface area contributed by atoms with Crippen molar-refractivity contribution in [1.82, 2.24) is 10.2 Å². The van der Waals surface area contributed by atoms with Gasteiger partial charge in [-0.15, -0.1) is 0 Å². The molecule has 2 fully saturated rings. The number of rotatable bonds is 6. The van der Waals surface area contributed by atoms with E-state index in [-0.39, 0.29) is 18.4 Å². The van der Waals surface area contributed by atoms with E-state index >= 15 is 0 Å². The van der Waals surface area contributed by atoms with Crippen molar-refractivity contribution in [1.29, 1.82) is 5.26 Å². The fourth-order valence-corrected chi connectivity index (χ4v) is 4.15. The molecule has 1 aromatic carbocycles. The van der Waals surface area contributed by atoms with Crippen molar-refractivity contribution < 1.29 is 19.1 Å². The Labute approximate surface area is 183 Å². The van der Waals surface area contributed by atoms with Crippen LogP contribution in [0.4, 0.5) is 0 Å². The highest BCUT2D eigenvalue weighted by atomic mass is 16.5. The molecule has 7 heteroatoms. The number of ether oxygens (including phenoxy) is 1. The minimum atomic E-state index is -0.833. The molecular formula is C24H29N3O4. The van der Waals surface area contributed by atoms with E-state index in [1.165, 1.54) is 0 Å². The number of esters is 1. The normalized spacial score (nSPS) is 18.9. The molecule has 1 saturated carbocycles. The lowest BCUT2D eigenvalue weighted by Gasteiger charge is -2.32. The van der Waals surface area contributed by atoms with Crippen LogP contribution in [0.1, 0.15) is 50.5 Å². The molecule has 1 saturated heterocycles. The Balaban J connectivity index is 1.40. The fraction of sp³-hybridized carbons (Fsp3) is 0.500. The van der Waals surface area contributed by atoms with E-state index in [0.29, 0.717) is 38.8 Å². The Morgan fingerprint density at radius 3 is 2.45 bits per heavy atom. The van der Waals surface area contributed by atoms with Gasteiger partial charge in [0.25, 0.3) is 5.91 Å². The van der Waals surface area contributed by atoms with Crippen LogP contribution in [0.15, 0.2) is 36.4 Å². The molecular weight excluding hydrogens is 394 g/mol. The molecule has 0 aromatic heterocycles. The predicted octanol–water partition coefficient (Wildman–Crippen LogP) is 2.82. The highest BCUT2D eigenvalue weighted by Gasteiger charge is 2.34. The summed E-state index contributed by atoms with van der Waals surface area (Å²) in [6.07, 6.45) is 8.49. The summed E-state index contributed by atoms with van der Waals surface area (Å²) in [7, 11) is 0. The molecule has 1 N–H and O–H groups in total. The van der Waals surface area contributed by atoms with Crippen molar-refractivity contribution in [3.05, 3.63) is 42.0 Å². The van der Waals surface area contributed by atoms with E-state index in [2.05, 4.69) is 11.4 Å². The first-order valence-corrected chi connectivity index (χ1v) is 10.9. The lowest BCUT2D eigenvalue weighted by Crippen LogP contribution is -2.50. The van der Waals surface area contributed by atoms with Gasteiger partial charge in [0.2, 0.25) is 5.91 Å². The second kappa shape index (κ2) is 10.8. The molecule has 1 heterocycles. The molecule has 0 radical (unpaired) electrons. The van der Waals surface area contributed by atoms with Crippen molar-refractivity contribution in [3.63, 3.8) is 0 Å². The molecule has 7 nitrogen and oxygen atoms in total. The maximum Gasteiger partial charge on any atom is 0.309 e. The molecule has 31 heavy (non-hydrogen) atoms. The van der Waals surface area contributed by atoms with Gasteiger partial charge in [-0.05, 0) is 37.3 Å². The van der Waals surface area contributed by atoms with Crippen LogP contribution in [0.2, 0.25) is 0 Å². The number of hydrogen-bond donors (Lipinski definition) is 1. The predicted molar refractivity (Wildman–Crippen MR) is 115 cm³/mol. The summed E-state index contributed by atoms with van der Waals surface area (Å²) >= 11 is 0.